The molecule has 0 aromatic rings. The van der Waals surface area contributed by atoms with Crippen molar-refractivity contribution in [2.24, 2.45) is 11.1 Å². The largest absolute Gasteiger partial charge is 0.387 e. The quantitative estimate of drug-likeness (QED) is 0.354. The van der Waals surface area contributed by atoms with Gasteiger partial charge in [-0.1, -0.05) is 20.3 Å². The van der Waals surface area contributed by atoms with Gasteiger partial charge in [0.05, 0.1) is 5.84 Å². The monoisotopic (exact) mass is 246 g/mol. The van der Waals surface area contributed by atoms with E-state index in [0.717, 1.165) is 25.9 Å². The third-order valence-electron chi connectivity index (χ3n) is 2.71. The Hall–Kier alpha value is -0.220. The lowest BCUT2D eigenvalue weighted by molar-refractivity contribution is 0.200. The van der Waals surface area contributed by atoms with Crippen molar-refractivity contribution in [3.63, 3.8) is 0 Å². The summed E-state index contributed by atoms with van der Waals surface area (Å²) < 4.78 is 4.99. The van der Waals surface area contributed by atoms with Gasteiger partial charge in [0.2, 0.25) is 0 Å². The number of nitrogens with one attached hydrogen (secondary N) is 1. The van der Waals surface area contributed by atoms with E-state index in [-0.39, 0.29) is 5.41 Å². The molecule has 0 rings (SSSR count). The van der Waals surface area contributed by atoms with E-state index in [0.29, 0.717) is 5.84 Å². The number of ether oxygens (including phenoxy) is 1. The average molecular weight is 246 g/mol. The summed E-state index contributed by atoms with van der Waals surface area (Å²) in [6.07, 6.45) is 4.53. The number of amidine groups is 1. The van der Waals surface area contributed by atoms with E-state index in [2.05, 4.69) is 0 Å². The minimum Gasteiger partial charge on any atom is -0.387 e. The van der Waals surface area contributed by atoms with E-state index in [1.165, 1.54) is 17.9 Å². The topological polar surface area (TPSA) is 59.1 Å². The van der Waals surface area contributed by atoms with Gasteiger partial charge in [0, 0.05) is 19.1 Å². The van der Waals surface area contributed by atoms with Gasteiger partial charge >= 0.3 is 0 Å². The summed E-state index contributed by atoms with van der Waals surface area (Å²) in [5.41, 5.74) is 5.41. The fourth-order valence-corrected chi connectivity index (χ4v) is 2.25. The SMILES string of the molecule is COCCCSCCCCC(C)(C)C(=N)N. The molecule has 4 heteroatoms. The van der Waals surface area contributed by atoms with E-state index in [9.17, 15) is 0 Å². The summed E-state index contributed by atoms with van der Waals surface area (Å²) in [4.78, 5) is 0. The molecule has 16 heavy (non-hydrogen) atoms. The van der Waals surface area contributed by atoms with Crippen LogP contribution in [-0.4, -0.2) is 31.1 Å². The fraction of sp³-hybridized carbons (Fsp3) is 0.917. The molecule has 3 nitrogen and oxygen atoms in total. The van der Waals surface area contributed by atoms with Gasteiger partial charge < -0.3 is 10.5 Å². The van der Waals surface area contributed by atoms with Crippen molar-refractivity contribution in [1.82, 2.24) is 0 Å². The summed E-state index contributed by atoms with van der Waals surface area (Å²) in [6.45, 7) is 4.95. The number of nitrogens with two attached hydrogens (primary N) is 1. The zero-order valence-electron chi connectivity index (χ0n) is 10.8. The maximum Gasteiger partial charge on any atom is 0.0963 e. The zero-order chi connectivity index (χ0) is 12.4. The smallest absolute Gasteiger partial charge is 0.0963 e. The second-order valence-electron chi connectivity index (χ2n) is 4.71. The van der Waals surface area contributed by atoms with E-state index in [1.54, 1.807) is 7.11 Å². The highest BCUT2D eigenvalue weighted by molar-refractivity contribution is 7.99. The van der Waals surface area contributed by atoms with Crippen LogP contribution in [0.2, 0.25) is 0 Å². The standard InChI is InChI=1S/C12H26N2OS/c1-12(2,11(13)14)7-4-5-9-16-10-6-8-15-3/h4-10H2,1-3H3,(H3,13,14). The molecule has 0 heterocycles. The maximum atomic E-state index is 7.45. The molecule has 0 aliphatic heterocycles. The van der Waals surface area contributed by atoms with Crippen molar-refractivity contribution in [2.75, 3.05) is 25.2 Å². The molecule has 0 aliphatic rings. The van der Waals surface area contributed by atoms with Crippen molar-refractivity contribution in [3.05, 3.63) is 0 Å². The van der Waals surface area contributed by atoms with Crippen molar-refractivity contribution in [2.45, 2.75) is 39.5 Å². The fourth-order valence-electron chi connectivity index (χ4n) is 1.31. The molecule has 96 valence electrons. The number of hydrogen-bond donors (Lipinski definition) is 2. The molecule has 0 spiro atoms. The first-order valence-electron chi connectivity index (χ1n) is 5.92. The Morgan fingerprint density at radius 3 is 2.44 bits per heavy atom. The first kappa shape index (κ1) is 15.8. The number of thioether (sulfide) groups is 1. The number of rotatable bonds is 10. The predicted molar refractivity (Wildman–Crippen MR) is 73.4 cm³/mol. The highest BCUT2D eigenvalue weighted by Crippen LogP contribution is 2.23. The van der Waals surface area contributed by atoms with Gasteiger partial charge in [-0.2, -0.15) is 11.8 Å². The van der Waals surface area contributed by atoms with Crippen molar-refractivity contribution < 1.29 is 4.74 Å². The highest BCUT2D eigenvalue weighted by atomic mass is 32.2. The lowest BCUT2D eigenvalue weighted by atomic mass is 9.86. The van der Waals surface area contributed by atoms with Crippen molar-refractivity contribution in [3.8, 4) is 0 Å². The van der Waals surface area contributed by atoms with E-state index < -0.39 is 0 Å². The van der Waals surface area contributed by atoms with Crippen LogP contribution in [0.4, 0.5) is 0 Å². The Morgan fingerprint density at radius 2 is 1.88 bits per heavy atom. The van der Waals surface area contributed by atoms with E-state index >= 15 is 0 Å². The molecule has 0 bridgehead atoms. The third-order valence-corrected chi connectivity index (χ3v) is 3.86. The number of hydrogen-bond acceptors (Lipinski definition) is 3. The third kappa shape index (κ3) is 7.99. The van der Waals surface area contributed by atoms with Crippen molar-refractivity contribution in [1.29, 1.82) is 5.41 Å². The minimum absolute atomic E-state index is 0.124. The van der Waals surface area contributed by atoms with Crippen LogP contribution in [0, 0.1) is 10.8 Å². The molecule has 0 radical (unpaired) electrons. The van der Waals surface area contributed by atoms with Gasteiger partial charge in [0.15, 0.2) is 0 Å². The van der Waals surface area contributed by atoms with E-state index in [1.807, 2.05) is 25.6 Å². The molecule has 0 aliphatic carbocycles. The molecule has 0 aromatic carbocycles. The molecule has 0 saturated carbocycles. The predicted octanol–water partition coefficient (Wildman–Crippen LogP) is 2.89. The molecule has 0 saturated heterocycles. The molecule has 0 amide bonds. The van der Waals surface area contributed by atoms with Gasteiger partial charge in [-0.25, -0.2) is 0 Å². The normalized spacial score (nSPS) is 11.7. The van der Waals surface area contributed by atoms with Gasteiger partial charge in [-0.05, 0) is 30.8 Å². The highest BCUT2D eigenvalue weighted by Gasteiger charge is 2.20. The summed E-state index contributed by atoms with van der Waals surface area (Å²) in [5, 5.41) is 7.45. The first-order valence-corrected chi connectivity index (χ1v) is 7.07. The van der Waals surface area contributed by atoms with Crippen LogP contribution in [-0.2, 0) is 4.74 Å². The summed E-state index contributed by atoms with van der Waals surface area (Å²) in [6, 6.07) is 0. The second kappa shape index (κ2) is 8.88. The van der Waals surface area contributed by atoms with Crippen LogP contribution in [0.1, 0.15) is 39.5 Å². The zero-order valence-corrected chi connectivity index (χ0v) is 11.7. The molecule has 3 N–H and O–H groups in total. The summed E-state index contributed by atoms with van der Waals surface area (Å²) in [7, 11) is 1.74. The Bertz CT molecular complexity index is 195. The van der Waals surface area contributed by atoms with Crippen molar-refractivity contribution >= 4 is 17.6 Å². The molecule has 0 atom stereocenters. The van der Waals surface area contributed by atoms with Crippen LogP contribution >= 0.6 is 11.8 Å². The molecule has 0 unspecified atom stereocenters. The average Bonchev–Trinajstić information content (AvgIpc) is 2.21. The van der Waals surface area contributed by atoms with Crippen LogP contribution < -0.4 is 5.73 Å². The van der Waals surface area contributed by atoms with Crippen LogP contribution in [0.5, 0.6) is 0 Å². The van der Waals surface area contributed by atoms with Gasteiger partial charge in [0.25, 0.3) is 0 Å². The molecular weight excluding hydrogens is 220 g/mol. The Balaban J connectivity index is 3.30. The van der Waals surface area contributed by atoms with Gasteiger partial charge in [-0.15, -0.1) is 0 Å². The van der Waals surface area contributed by atoms with Crippen LogP contribution in [0.15, 0.2) is 0 Å². The molecule has 0 fully saturated rings. The first-order chi connectivity index (χ1) is 7.50. The number of unbranched alkanes of at least 4 members (excludes halogenated alkanes) is 1. The molecular formula is C12H26N2OS. The van der Waals surface area contributed by atoms with Crippen LogP contribution in [0.3, 0.4) is 0 Å². The van der Waals surface area contributed by atoms with Gasteiger partial charge in [-0.3, -0.25) is 5.41 Å². The maximum absolute atomic E-state index is 7.45. The Morgan fingerprint density at radius 1 is 1.25 bits per heavy atom. The van der Waals surface area contributed by atoms with Gasteiger partial charge in [0.1, 0.15) is 0 Å². The summed E-state index contributed by atoms with van der Waals surface area (Å²) >= 11 is 1.99. The minimum atomic E-state index is -0.124. The molecule has 0 aromatic heterocycles. The van der Waals surface area contributed by atoms with Crippen LogP contribution in [0.25, 0.3) is 0 Å². The number of methoxy groups -OCH3 is 1. The Kier molecular flexibility index (Phi) is 8.76. The second-order valence-corrected chi connectivity index (χ2v) is 5.94. The lowest BCUT2D eigenvalue weighted by Gasteiger charge is -2.22. The van der Waals surface area contributed by atoms with E-state index in [4.69, 9.17) is 15.9 Å². The summed E-state index contributed by atoms with van der Waals surface area (Å²) in [5.74, 6) is 2.70. The Labute approximate surface area is 104 Å². The lowest BCUT2D eigenvalue weighted by Crippen LogP contribution is -2.30.